The first-order valence-electron chi connectivity index (χ1n) is 5.86. The monoisotopic (exact) mass is 278 g/mol. The fraction of sp³-hybridized carbons (Fsp3) is 0.308. The van der Waals surface area contributed by atoms with Gasteiger partial charge in [-0.15, -0.1) is 0 Å². The Morgan fingerprint density at radius 1 is 1.63 bits per heavy atom. The van der Waals surface area contributed by atoms with Gasteiger partial charge in [-0.3, -0.25) is 4.79 Å². The van der Waals surface area contributed by atoms with Crippen molar-refractivity contribution in [1.82, 2.24) is 10.3 Å². The molecule has 1 aromatic rings. The van der Waals surface area contributed by atoms with Crippen LogP contribution in [0.1, 0.15) is 20.3 Å². The van der Waals surface area contributed by atoms with E-state index in [9.17, 15) is 4.79 Å². The zero-order valence-corrected chi connectivity index (χ0v) is 11.5. The van der Waals surface area contributed by atoms with Crippen molar-refractivity contribution in [3.63, 3.8) is 0 Å². The molecule has 1 rings (SSSR count). The molecule has 1 unspecified atom stereocenters. The zero-order chi connectivity index (χ0) is 14.3. The molecule has 0 spiro atoms. The van der Waals surface area contributed by atoms with Gasteiger partial charge >= 0.3 is 0 Å². The molecule has 1 amide bonds. The van der Waals surface area contributed by atoms with E-state index < -0.39 is 5.91 Å². The lowest BCUT2D eigenvalue weighted by atomic mass is 10.2. The number of carbonyl (C=O) groups is 1. The first kappa shape index (κ1) is 15.0. The van der Waals surface area contributed by atoms with E-state index in [1.165, 1.54) is 12.4 Å². The summed E-state index contributed by atoms with van der Waals surface area (Å²) in [5.74, 6) is 0.104. The van der Waals surface area contributed by atoms with Crippen molar-refractivity contribution in [3.05, 3.63) is 35.1 Å². The van der Waals surface area contributed by atoms with Crippen LogP contribution in [0.4, 0.5) is 5.82 Å². The summed E-state index contributed by atoms with van der Waals surface area (Å²) in [5.41, 5.74) is -0.00273. The van der Waals surface area contributed by atoms with Gasteiger partial charge in [-0.1, -0.05) is 18.5 Å². The molecule has 100 valence electrons. The molecule has 0 radical (unpaired) electrons. The topological polar surface area (TPSA) is 77.8 Å². The number of nitrogens with one attached hydrogen (secondary N) is 2. The van der Waals surface area contributed by atoms with Crippen molar-refractivity contribution < 1.29 is 4.79 Å². The number of nitrogens with zero attached hydrogens (tertiary/aromatic N) is 2. The third-order valence-corrected chi connectivity index (χ3v) is 2.67. The van der Waals surface area contributed by atoms with Crippen molar-refractivity contribution in [2.24, 2.45) is 0 Å². The van der Waals surface area contributed by atoms with Gasteiger partial charge in [0.2, 0.25) is 0 Å². The van der Waals surface area contributed by atoms with Gasteiger partial charge in [0, 0.05) is 18.4 Å². The third kappa shape index (κ3) is 4.98. The van der Waals surface area contributed by atoms with Crippen molar-refractivity contribution in [1.29, 1.82) is 5.26 Å². The molecule has 5 nitrogen and oxygen atoms in total. The summed E-state index contributed by atoms with van der Waals surface area (Å²) < 4.78 is 0. The van der Waals surface area contributed by atoms with Crippen LogP contribution in [0.5, 0.6) is 0 Å². The van der Waals surface area contributed by atoms with Gasteiger partial charge in [-0.05, 0) is 25.5 Å². The number of amides is 1. The first-order chi connectivity index (χ1) is 9.06. The van der Waals surface area contributed by atoms with Gasteiger partial charge in [-0.25, -0.2) is 4.98 Å². The minimum absolute atomic E-state index is 0.00273. The maximum atomic E-state index is 11.7. The van der Waals surface area contributed by atoms with E-state index in [4.69, 9.17) is 16.9 Å². The second-order valence-corrected chi connectivity index (χ2v) is 4.40. The highest BCUT2D eigenvalue weighted by Gasteiger charge is 2.10. The molecule has 0 aliphatic carbocycles. The molecule has 0 fully saturated rings. The molecule has 1 heterocycles. The Bertz CT molecular complexity index is 504. The molecule has 0 aliphatic rings. The maximum absolute atomic E-state index is 11.7. The highest BCUT2D eigenvalue weighted by molar-refractivity contribution is 6.30. The van der Waals surface area contributed by atoms with Gasteiger partial charge in [0.25, 0.3) is 5.91 Å². The van der Waals surface area contributed by atoms with E-state index >= 15 is 0 Å². The van der Waals surface area contributed by atoms with Crippen molar-refractivity contribution in [2.45, 2.75) is 26.3 Å². The lowest BCUT2D eigenvalue weighted by molar-refractivity contribution is -0.117. The average Bonchev–Trinajstić information content (AvgIpc) is 2.41. The Hall–Kier alpha value is -2.06. The summed E-state index contributed by atoms with van der Waals surface area (Å²) in [5, 5.41) is 15.0. The maximum Gasteiger partial charge on any atom is 0.263 e. The average molecular weight is 279 g/mol. The third-order valence-electron chi connectivity index (χ3n) is 2.45. The number of anilines is 1. The van der Waals surface area contributed by atoms with Crippen LogP contribution in [-0.2, 0) is 4.79 Å². The smallest absolute Gasteiger partial charge is 0.263 e. The Labute approximate surface area is 117 Å². The predicted molar refractivity (Wildman–Crippen MR) is 74.5 cm³/mol. The minimum atomic E-state index is -0.404. The number of halogens is 1. The van der Waals surface area contributed by atoms with E-state index in [2.05, 4.69) is 15.6 Å². The van der Waals surface area contributed by atoms with E-state index in [0.29, 0.717) is 10.8 Å². The Kier molecular flexibility index (Phi) is 5.83. The van der Waals surface area contributed by atoms with Gasteiger partial charge in [0.15, 0.2) is 0 Å². The quantitative estimate of drug-likeness (QED) is 0.641. The summed E-state index contributed by atoms with van der Waals surface area (Å²) in [6.45, 7) is 3.83. The molecule has 0 bridgehead atoms. The standard InChI is InChI=1S/C13H15ClN4O/c1-3-9(2)18-13(19)10(6-15)7-16-12-5-4-11(14)8-17-12/h4-5,7-9H,3H2,1-2H3,(H,16,17)(H,18,19)/b10-7-. The molecule has 0 aromatic carbocycles. The molecule has 6 heteroatoms. The van der Waals surface area contributed by atoms with Crippen LogP contribution in [-0.4, -0.2) is 16.9 Å². The SMILES string of the molecule is CCC(C)NC(=O)/C(C#N)=C\Nc1ccc(Cl)cn1. The van der Waals surface area contributed by atoms with Crippen molar-refractivity contribution in [3.8, 4) is 6.07 Å². The largest absolute Gasteiger partial charge is 0.349 e. The lowest BCUT2D eigenvalue weighted by Gasteiger charge is -2.10. The van der Waals surface area contributed by atoms with Gasteiger partial charge in [0.1, 0.15) is 17.5 Å². The molecule has 0 saturated heterocycles. The lowest BCUT2D eigenvalue weighted by Crippen LogP contribution is -2.33. The van der Waals surface area contributed by atoms with E-state index in [-0.39, 0.29) is 11.6 Å². The van der Waals surface area contributed by atoms with E-state index in [1.54, 1.807) is 12.1 Å². The summed E-state index contributed by atoms with van der Waals surface area (Å²) in [4.78, 5) is 15.7. The van der Waals surface area contributed by atoms with Gasteiger partial charge < -0.3 is 10.6 Å². The molecule has 19 heavy (non-hydrogen) atoms. The summed E-state index contributed by atoms with van der Waals surface area (Å²) in [7, 11) is 0. The number of carbonyl (C=O) groups excluding carboxylic acids is 1. The predicted octanol–water partition coefficient (Wildman–Crippen LogP) is 2.47. The van der Waals surface area contributed by atoms with Crippen LogP contribution in [0.2, 0.25) is 5.02 Å². The van der Waals surface area contributed by atoms with Crippen LogP contribution in [0, 0.1) is 11.3 Å². The molecular formula is C13H15ClN4O. The molecule has 2 N–H and O–H groups in total. The van der Waals surface area contributed by atoms with Crippen LogP contribution in [0.15, 0.2) is 30.1 Å². The Balaban J connectivity index is 2.69. The van der Waals surface area contributed by atoms with Gasteiger partial charge in [-0.2, -0.15) is 5.26 Å². The van der Waals surface area contributed by atoms with E-state index in [1.807, 2.05) is 19.9 Å². The number of hydrogen-bond donors (Lipinski definition) is 2. The molecule has 0 saturated carbocycles. The second kappa shape index (κ2) is 7.39. The van der Waals surface area contributed by atoms with Crippen LogP contribution in [0.25, 0.3) is 0 Å². The molecule has 1 atom stereocenters. The molecule has 1 aromatic heterocycles. The highest BCUT2D eigenvalue weighted by Crippen LogP contribution is 2.09. The number of aromatic nitrogens is 1. The zero-order valence-electron chi connectivity index (χ0n) is 10.8. The van der Waals surface area contributed by atoms with Crippen LogP contribution < -0.4 is 10.6 Å². The minimum Gasteiger partial charge on any atom is -0.349 e. The number of pyridine rings is 1. The van der Waals surface area contributed by atoms with Gasteiger partial charge in [0.05, 0.1) is 5.02 Å². The van der Waals surface area contributed by atoms with Crippen LogP contribution in [0.3, 0.4) is 0 Å². The number of rotatable bonds is 5. The van der Waals surface area contributed by atoms with Crippen LogP contribution >= 0.6 is 11.6 Å². The van der Waals surface area contributed by atoms with Crippen molar-refractivity contribution >= 4 is 23.3 Å². The molecule has 0 aliphatic heterocycles. The van der Waals surface area contributed by atoms with E-state index in [0.717, 1.165) is 6.42 Å². The number of nitriles is 1. The fourth-order valence-electron chi connectivity index (χ4n) is 1.16. The fourth-order valence-corrected chi connectivity index (χ4v) is 1.27. The Morgan fingerprint density at radius 2 is 2.37 bits per heavy atom. The molecular weight excluding hydrogens is 264 g/mol. The normalized spacial score (nSPS) is 12.4. The summed E-state index contributed by atoms with van der Waals surface area (Å²) in [6, 6.07) is 5.19. The number of hydrogen-bond acceptors (Lipinski definition) is 4. The summed E-state index contributed by atoms with van der Waals surface area (Å²) in [6.07, 6.45) is 3.60. The first-order valence-corrected chi connectivity index (χ1v) is 6.23. The van der Waals surface area contributed by atoms with Crippen molar-refractivity contribution in [2.75, 3.05) is 5.32 Å². The Morgan fingerprint density at radius 3 is 2.89 bits per heavy atom. The highest BCUT2D eigenvalue weighted by atomic mass is 35.5. The summed E-state index contributed by atoms with van der Waals surface area (Å²) >= 11 is 5.70. The second-order valence-electron chi connectivity index (χ2n) is 3.96.